The number of nitrogens with zero attached hydrogens (tertiary/aromatic N) is 1. The summed E-state index contributed by atoms with van der Waals surface area (Å²) in [5.41, 5.74) is 10.7. The Balaban J connectivity index is 1.17. The van der Waals surface area contributed by atoms with Crippen molar-refractivity contribution in [2.75, 3.05) is 13.1 Å². The van der Waals surface area contributed by atoms with Gasteiger partial charge in [-0.05, 0) is 59.5 Å². The van der Waals surface area contributed by atoms with Gasteiger partial charge in [0.25, 0.3) is 0 Å². The molecule has 4 aliphatic carbocycles. The van der Waals surface area contributed by atoms with E-state index in [1.807, 2.05) is 0 Å². The zero-order valence-corrected chi connectivity index (χ0v) is 22.0. The maximum atomic E-state index is 6.48. The molecule has 1 aliphatic heterocycles. The van der Waals surface area contributed by atoms with Gasteiger partial charge >= 0.3 is 0 Å². The molecule has 1 saturated heterocycles. The monoisotopic (exact) mass is 488 g/mol. The van der Waals surface area contributed by atoms with E-state index in [1.165, 1.54) is 29.8 Å². The van der Waals surface area contributed by atoms with E-state index in [9.17, 15) is 0 Å². The molecule has 0 radical (unpaired) electrons. The molecule has 2 aromatic rings. The molecular formula is C30H36N2S2. The largest absolute Gasteiger partial charge is 0.365 e. The highest BCUT2D eigenvalue weighted by molar-refractivity contribution is 7.99. The third-order valence-electron chi connectivity index (χ3n) is 10.9. The van der Waals surface area contributed by atoms with Crippen LogP contribution in [-0.4, -0.2) is 34.3 Å². The van der Waals surface area contributed by atoms with Gasteiger partial charge in [-0.2, -0.15) is 11.8 Å². The third-order valence-corrected chi connectivity index (χ3v) is 13.1. The lowest BCUT2D eigenvalue weighted by atomic mass is 9.07. The molecule has 0 amide bonds. The second-order valence-electron chi connectivity index (χ2n) is 12.6. The lowest BCUT2D eigenvalue weighted by molar-refractivity contribution is -0.418. The van der Waals surface area contributed by atoms with Crippen molar-refractivity contribution in [1.29, 1.82) is 0 Å². The van der Waals surface area contributed by atoms with E-state index >= 15 is 0 Å². The molecule has 1 heterocycles. The summed E-state index contributed by atoms with van der Waals surface area (Å²) in [7, 11) is 0. The Morgan fingerprint density at radius 2 is 1.71 bits per heavy atom. The predicted octanol–water partition coefficient (Wildman–Crippen LogP) is 6.04. The van der Waals surface area contributed by atoms with Gasteiger partial charge in [0.05, 0.1) is 4.99 Å². The van der Waals surface area contributed by atoms with Gasteiger partial charge in [0.1, 0.15) is 0 Å². The molecule has 34 heavy (non-hydrogen) atoms. The van der Waals surface area contributed by atoms with Gasteiger partial charge in [0.2, 0.25) is 0 Å². The van der Waals surface area contributed by atoms with Crippen molar-refractivity contribution in [1.82, 2.24) is 4.90 Å². The topological polar surface area (TPSA) is 29.3 Å². The highest BCUT2D eigenvalue weighted by atomic mass is 32.2. The van der Waals surface area contributed by atoms with Crippen LogP contribution in [0.3, 0.4) is 0 Å². The minimum atomic E-state index is 0.132. The van der Waals surface area contributed by atoms with Gasteiger partial charge in [-0.25, -0.2) is 0 Å². The molecule has 2 aromatic carbocycles. The second kappa shape index (κ2) is 7.11. The molecule has 7 atom stereocenters. The first-order valence-electron chi connectivity index (χ1n) is 13.1. The average molecular weight is 489 g/mol. The number of rotatable bonds is 5. The number of hydrogen-bond donors (Lipinski definition) is 1. The fourth-order valence-corrected chi connectivity index (χ4v) is 11.6. The van der Waals surface area contributed by atoms with Crippen molar-refractivity contribution in [3.63, 3.8) is 0 Å². The third kappa shape index (κ3) is 2.41. The second-order valence-corrected chi connectivity index (χ2v) is 14.1. The Labute approximate surface area is 214 Å². The minimum Gasteiger partial charge on any atom is -0.365 e. The first-order valence-corrected chi connectivity index (χ1v) is 14.6. The molecular weight excluding hydrogens is 452 g/mol. The van der Waals surface area contributed by atoms with Crippen LogP contribution in [0.4, 0.5) is 0 Å². The van der Waals surface area contributed by atoms with Crippen molar-refractivity contribution >= 4 is 29.0 Å². The molecule has 1 spiro atoms. The van der Waals surface area contributed by atoms with Crippen LogP contribution in [0.1, 0.15) is 50.7 Å². The highest BCUT2D eigenvalue weighted by Gasteiger charge is 2.97. The summed E-state index contributed by atoms with van der Waals surface area (Å²) < 4.78 is 0. The normalized spacial score (nSPS) is 42.7. The van der Waals surface area contributed by atoms with Crippen LogP contribution < -0.4 is 5.73 Å². The van der Waals surface area contributed by atoms with E-state index in [4.69, 9.17) is 18.0 Å². The maximum Gasteiger partial charge on any atom is 0.0848 e. The summed E-state index contributed by atoms with van der Waals surface area (Å²) in [6.07, 6.45) is 5.00. The van der Waals surface area contributed by atoms with Crippen molar-refractivity contribution in [2.45, 2.75) is 62.0 Å². The average Bonchev–Trinajstić information content (AvgIpc) is 2.80. The predicted molar refractivity (Wildman–Crippen MR) is 146 cm³/mol. The molecule has 5 aliphatic rings. The van der Waals surface area contributed by atoms with Crippen molar-refractivity contribution in [2.24, 2.45) is 33.8 Å². The Morgan fingerprint density at radius 1 is 1.03 bits per heavy atom. The lowest BCUT2D eigenvalue weighted by Crippen LogP contribution is -2.97. The fraction of sp³-hybridized carbons (Fsp3) is 0.567. The van der Waals surface area contributed by atoms with E-state index in [2.05, 4.69) is 91.2 Å². The van der Waals surface area contributed by atoms with Gasteiger partial charge in [-0.1, -0.05) is 86.7 Å². The van der Waals surface area contributed by atoms with Gasteiger partial charge in [0.15, 0.2) is 0 Å². The molecule has 6 unspecified atom stereocenters. The SMILES string of the molecule is CC1(C)CN(C(=S)C23CC4C(SCc5ccccc5)C5CC(c6ccccc6)(C2)C453)CC[C@@H]1N. The van der Waals surface area contributed by atoms with Crippen LogP contribution in [0.25, 0.3) is 0 Å². The van der Waals surface area contributed by atoms with Gasteiger partial charge in [0, 0.05) is 41.0 Å². The van der Waals surface area contributed by atoms with Gasteiger partial charge < -0.3 is 10.6 Å². The van der Waals surface area contributed by atoms with E-state index in [1.54, 1.807) is 5.56 Å². The zero-order chi connectivity index (χ0) is 23.3. The number of thioether (sulfide) groups is 1. The van der Waals surface area contributed by atoms with Crippen molar-refractivity contribution < 1.29 is 0 Å². The van der Waals surface area contributed by atoms with Gasteiger partial charge in [-0.15, -0.1) is 0 Å². The summed E-state index contributed by atoms with van der Waals surface area (Å²) in [6.45, 7) is 6.71. The maximum absolute atomic E-state index is 6.48. The first kappa shape index (κ1) is 21.9. The van der Waals surface area contributed by atoms with Crippen LogP contribution in [-0.2, 0) is 11.2 Å². The summed E-state index contributed by atoms with van der Waals surface area (Å²) in [6, 6.07) is 22.8. The quantitative estimate of drug-likeness (QED) is 0.519. The summed E-state index contributed by atoms with van der Waals surface area (Å²) >= 11 is 8.65. The lowest BCUT2D eigenvalue weighted by Gasteiger charge is -2.97. The molecule has 178 valence electrons. The van der Waals surface area contributed by atoms with Crippen LogP contribution in [0.5, 0.6) is 0 Å². The zero-order valence-electron chi connectivity index (χ0n) is 20.4. The molecule has 7 rings (SSSR count). The molecule has 2 nitrogen and oxygen atoms in total. The van der Waals surface area contributed by atoms with Crippen molar-refractivity contribution in [3.05, 3.63) is 71.8 Å². The Bertz CT molecular complexity index is 1130. The Hall–Kier alpha value is -1.36. The summed E-state index contributed by atoms with van der Waals surface area (Å²) in [4.78, 5) is 3.88. The number of thiocarbonyl (C=S) groups is 1. The number of piperidine rings is 1. The van der Waals surface area contributed by atoms with E-state index < -0.39 is 0 Å². The highest BCUT2D eigenvalue weighted by Crippen LogP contribution is 2.98. The van der Waals surface area contributed by atoms with E-state index in [0.29, 0.717) is 10.8 Å². The summed E-state index contributed by atoms with van der Waals surface area (Å²) in [5, 5.41) is 0.805. The van der Waals surface area contributed by atoms with Crippen LogP contribution in [0, 0.1) is 28.1 Å². The Morgan fingerprint density at radius 3 is 2.38 bits per heavy atom. The number of nitrogens with two attached hydrogens (primary N) is 1. The molecule has 4 saturated carbocycles. The van der Waals surface area contributed by atoms with E-state index in [-0.39, 0.29) is 16.9 Å². The van der Waals surface area contributed by atoms with Crippen molar-refractivity contribution in [3.8, 4) is 0 Å². The summed E-state index contributed by atoms with van der Waals surface area (Å²) in [5.74, 6) is 2.79. The number of benzene rings is 2. The molecule has 2 N–H and O–H groups in total. The molecule has 0 bridgehead atoms. The van der Waals surface area contributed by atoms with E-state index in [0.717, 1.165) is 42.3 Å². The number of hydrogen-bond acceptors (Lipinski definition) is 3. The van der Waals surface area contributed by atoms with Crippen LogP contribution in [0.2, 0.25) is 0 Å². The molecule has 5 fully saturated rings. The standard InChI is InChI=1S/C30H36N2S2/c1-27(2)19-32(14-13-24(27)31)26(33)29-16-23-25(34-17-20-9-5-3-6-10-20)22-15-28(18-29,30(22,23)29)21-11-7-4-8-12-21/h3-12,22-25H,13-19,31H2,1-2H3/t22?,23?,24-,25?,28?,29?,30?/m0/s1. The molecule has 4 heteroatoms. The Kier molecular flexibility index (Phi) is 4.58. The molecule has 0 aromatic heterocycles. The van der Waals surface area contributed by atoms with Crippen LogP contribution in [0.15, 0.2) is 60.7 Å². The first-order chi connectivity index (χ1) is 16.4. The smallest absolute Gasteiger partial charge is 0.0848 e. The number of likely N-dealkylation sites (tertiary alicyclic amines) is 1. The fourth-order valence-electron chi connectivity index (χ4n) is 9.46. The van der Waals surface area contributed by atoms with Crippen LogP contribution >= 0.6 is 24.0 Å². The minimum absolute atomic E-state index is 0.132. The van der Waals surface area contributed by atoms with Gasteiger partial charge in [-0.3, -0.25) is 0 Å².